The number of rotatable bonds is 6. The van der Waals surface area contributed by atoms with E-state index in [1.807, 2.05) is 43.3 Å². The molecule has 0 saturated carbocycles. The van der Waals surface area contributed by atoms with Crippen molar-refractivity contribution in [1.82, 2.24) is 4.57 Å². The molecule has 4 rings (SSSR count). The normalized spacial score (nSPS) is 10.7. The van der Waals surface area contributed by atoms with Gasteiger partial charge in [0.05, 0.1) is 16.4 Å². The molecule has 1 heterocycles. The van der Waals surface area contributed by atoms with Crippen molar-refractivity contribution in [3.63, 3.8) is 0 Å². The zero-order valence-corrected chi connectivity index (χ0v) is 18.9. The minimum atomic E-state index is -1.07. The molecule has 0 bridgehead atoms. The number of aliphatic carboxylic acids is 1. The topological polar surface area (TPSA) is 94.6 Å². The van der Waals surface area contributed by atoms with E-state index in [4.69, 9.17) is 15.6 Å². The maximum Gasteiger partial charge on any atom is 1.00 e. The van der Waals surface area contributed by atoms with E-state index in [2.05, 4.69) is 10.6 Å². The molecule has 7 heteroatoms. The number of aryl methyl sites for hydroxylation is 1. The Labute approximate surface area is 197 Å². The zero-order valence-electron chi connectivity index (χ0n) is 17.9. The van der Waals surface area contributed by atoms with Crippen molar-refractivity contribution in [2.24, 2.45) is 5.73 Å². The molecule has 0 unspecified atom stereocenters. The summed E-state index contributed by atoms with van der Waals surface area (Å²) in [4.78, 5) is 23.1. The van der Waals surface area contributed by atoms with Gasteiger partial charge in [-0.3, -0.25) is 4.79 Å². The van der Waals surface area contributed by atoms with Crippen LogP contribution in [-0.2, 0) is 11.3 Å². The predicted octanol–water partition coefficient (Wildman–Crippen LogP) is 0.830. The van der Waals surface area contributed by atoms with Gasteiger partial charge in [0.15, 0.2) is 6.61 Å². The first-order valence-corrected chi connectivity index (χ1v) is 9.19. The second-order valence-corrected chi connectivity index (χ2v) is 6.97. The first-order valence-electron chi connectivity index (χ1n) is 9.19. The van der Waals surface area contributed by atoms with Crippen LogP contribution in [0.15, 0.2) is 60.7 Å². The number of primary amides is 1. The number of aromatic nitrogens is 1. The van der Waals surface area contributed by atoms with E-state index in [-0.39, 0.29) is 31.0 Å². The summed E-state index contributed by atoms with van der Waals surface area (Å²) in [5.74, 6) is -1.20. The molecule has 4 aromatic rings. The summed E-state index contributed by atoms with van der Waals surface area (Å²) in [6.45, 7) is 2.16. The van der Waals surface area contributed by atoms with Crippen LogP contribution in [0.2, 0.25) is 0 Å². The van der Waals surface area contributed by atoms with Gasteiger partial charge in [0.1, 0.15) is 5.75 Å². The maximum absolute atomic E-state index is 12.1. The number of carbonyl (C=O) groups excluding carboxylic acids is 1. The van der Waals surface area contributed by atoms with Crippen molar-refractivity contribution in [3.05, 3.63) is 77.4 Å². The Balaban J connectivity index is 0.00000171. The van der Waals surface area contributed by atoms with E-state index in [0.717, 1.165) is 22.2 Å². The summed E-state index contributed by atoms with van der Waals surface area (Å²) in [7, 11) is 0. The molecule has 0 atom stereocenters. The molecule has 6 nitrogen and oxygen atoms in total. The summed E-state index contributed by atoms with van der Waals surface area (Å²) in [5.41, 5.74) is 9.98. The average molecular weight is 412 g/mol. The average Bonchev–Trinajstić information content (AvgIpc) is 3.01. The van der Waals surface area contributed by atoms with Crippen molar-refractivity contribution in [1.29, 1.82) is 0 Å². The maximum atomic E-state index is 12.1. The van der Waals surface area contributed by atoms with Crippen molar-refractivity contribution in [3.8, 4) is 5.75 Å². The molecular weight excluding hydrogens is 391 g/mol. The Morgan fingerprint density at radius 2 is 1.70 bits per heavy atom. The second kappa shape index (κ2) is 8.92. The van der Waals surface area contributed by atoms with Crippen LogP contribution in [0, 0.1) is 6.92 Å². The van der Waals surface area contributed by atoms with Crippen LogP contribution < -0.4 is 40.0 Å². The summed E-state index contributed by atoms with van der Waals surface area (Å²) in [5, 5.41) is 10.4. The fourth-order valence-electron chi connectivity index (χ4n) is 3.78. The van der Waals surface area contributed by atoms with E-state index in [0.29, 0.717) is 28.6 Å². The SMILES string of the molecule is Cc1cccc(Cn2c3cccc(OCC(=O)O)c3c3c(C(N)=O)cccc32)c1.[H-].[Na+]. The predicted molar refractivity (Wildman–Crippen MR) is 112 cm³/mol. The number of ether oxygens (including phenoxy) is 1. The molecule has 0 aliphatic heterocycles. The van der Waals surface area contributed by atoms with E-state index in [1.165, 1.54) is 0 Å². The smallest absolute Gasteiger partial charge is 1.00 e. The third-order valence-electron chi connectivity index (χ3n) is 4.92. The first-order chi connectivity index (χ1) is 14.0. The van der Waals surface area contributed by atoms with Gasteiger partial charge in [-0.05, 0) is 36.8 Å². The van der Waals surface area contributed by atoms with E-state index >= 15 is 0 Å². The Kier molecular flexibility index (Phi) is 6.51. The van der Waals surface area contributed by atoms with Gasteiger partial charge in [0.25, 0.3) is 0 Å². The molecule has 30 heavy (non-hydrogen) atoms. The Hall–Kier alpha value is -2.80. The number of carboxylic acids is 1. The molecule has 0 aliphatic carbocycles. The van der Waals surface area contributed by atoms with Crippen LogP contribution in [0.25, 0.3) is 21.8 Å². The van der Waals surface area contributed by atoms with Crippen LogP contribution >= 0.6 is 0 Å². The van der Waals surface area contributed by atoms with Crippen LogP contribution in [0.3, 0.4) is 0 Å². The van der Waals surface area contributed by atoms with Crippen molar-refractivity contribution >= 4 is 33.7 Å². The molecule has 1 amide bonds. The standard InChI is InChI=1S/C23H20N2O4.Na.H/c1-14-5-2-6-15(11-14)12-25-17-8-3-7-16(23(24)28)21(17)22-18(25)9-4-10-19(22)29-13-20(26)27;;/h2-11H,12-13H2,1H3,(H2,24,28)(H,26,27);;/q;+1;-1. The molecule has 3 N–H and O–H groups in total. The number of fused-ring (bicyclic) bond motifs is 3. The molecule has 0 spiro atoms. The third-order valence-corrected chi connectivity index (χ3v) is 4.92. The van der Waals surface area contributed by atoms with Gasteiger partial charge in [-0.15, -0.1) is 0 Å². The number of nitrogens with zero attached hydrogens (tertiary/aromatic N) is 1. The number of nitrogens with two attached hydrogens (primary N) is 1. The van der Waals surface area contributed by atoms with E-state index < -0.39 is 18.5 Å². The number of amides is 1. The minimum Gasteiger partial charge on any atom is -1.00 e. The van der Waals surface area contributed by atoms with Gasteiger partial charge in [-0.1, -0.05) is 42.0 Å². The summed E-state index contributed by atoms with van der Waals surface area (Å²) in [6, 6.07) is 19.1. The molecule has 3 aromatic carbocycles. The number of benzene rings is 3. The Bertz CT molecular complexity index is 1270. The molecule has 0 saturated heterocycles. The Morgan fingerprint density at radius 1 is 1.03 bits per heavy atom. The quantitative estimate of drug-likeness (QED) is 0.459. The fraction of sp³-hybridized carbons (Fsp3) is 0.130. The molecule has 0 aliphatic rings. The number of hydrogen-bond acceptors (Lipinski definition) is 3. The molecule has 0 fully saturated rings. The van der Waals surface area contributed by atoms with Gasteiger partial charge >= 0.3 is 35.5 Å². The zero-order chi connectivity index (χ0) is 20.5. The monoisotopic (exact) mass is 412 g/mol. The van der Waals surface area contributed by atoms with Gasteiger partial charge < -0.3 is 21.6 Å². The third kappa shape index (κ3) is 4.07. The van der Waals surface area contributed by atoms with Gasteiger partial charge in [0.2, 0.25) is 5.91 Å². The van der Waals surface area contributed by atoms with Crippen LogP contribution in [0.4, 0.5) is 0 Å². The van der Waals surface area contributed by atoms with Crippen LogP contribution in [-0.4, -0.2) is 28.2 Å². The van der Waals surface area contributed by atoms with E-state index in [9.17, 15) is 9.59 Å². The van der Waals surface area contributed by atoms with Crippen molar-refractivity contribution in [2.45, 2.75) is 13.5 Å². The summed E-state index contributed by atoms with van der Waals surface area (Å²) >= 11 is 0. The largest absolute Gasteiger partial charge is 1.00 e. The van der Waals surface area contributed by atoms with Gasteiger partial charge in [-0.2, -0.15) is 0 Å². The van der Waals surface area contributed by atoms with Crippen LogP contribution in [0.1, 0.15) is 22.9 Å². The first kappa shape index (κ1) is 21.9. The summed E-state index contributed by atoms with van der Waals surface area (Å²) < 4.78 is 7.64. The van der Waals surface area contributed by atoms with Crippen molar-refractivity contribution in [2.75, 3.05) is 6.61 Å². The molecule has 1 aromatic heterocycles. The van der Waals surface area contributed by atoms with Crippen LogP contribution in [0.5, 0.6) is 5.75 Å². The number of carbonyl (C=O) groups is 2. The number of hydrogen-bond donors (Lipinski definition) is 2. The number of carboxylic acid groups (broad SMARTS) is 1. The van der Waals surface area contributed by atoms with Gasteiger partial charge in [0, 0.05) is 17.5 Å². The van der Waals surface area contributed by atoms with E-state index in [1.54, 1.807) is 18.2 Å². The minimum absolute atomic E-state index is 0. The second-order valence-electron chi connectivity index (χ2n) is 6.97. The summed E-state index contributed by atoms with van der Waals surface area (Å²) in [6.07, 6.45) is 0. The molecule has 148 valence electrons. The van der Waals surface area contributed by atoms with Crippen molar-refractivity contribution < 1.29 is 50.4 Å². The molecule has 0 radical (unpaired) electrons. The Morgan fingerprint density at radius 3 is 2.37 bits per heavy atom. The molecular formula is C23H21N2NaO4. The fourth-order valence-corrected chi connectivity index (χ4v) is 3.78. The van der Waals surface area contributed by atoms with Gasteiger partial charge in [-0.25, -0.2) is 4.79 Å².